The number of allylic oxidation sites excluding steroid dienone is 3. The molecule has 0 aromatic heterocycles. The molecule has 0 spiro atoms. The number of rotatable bonds is 16. The van der Waals surface area contributed by atoms with Crippen molar-refractivity contribution in [3.8, 4) is 28.7 Å². The number of aldehydes is 2. The number of aromatic hydroxyl groups is 2. The Morgan fingerprint density at radius 2 is 1.54 bits per heavy atom. The molecule has 9 atom stereocenters. The van der Waals surface area contributed by atoms with Gasteiger partial charge in [0.1, 0.15) is 58.9 Å². The maximum Gasteiger partial charge on any atom is 0.312 e. The second-order valence-electron chi connectivity index (χ2n) is 24.6. The number of piperazine rings is 1. The number of ether oxygens (including phenoxy) is 5. The van der Waals surface area contributed by atoms with E-state index in [0.29, 0.717) is 48.5 Å². The molecule has 1 aliphatic carbocycles. The number of aliphatic hydroxyl groups is 1. The van der Waals surface area contributed by atoms with Crippen LogP contribution in [0.1, 0.15) is 122 Å². The summed E-state index contributed by atoms with van der Waals surface area (Å²) in [5, 5.41) is 40.8. The molecule has 9 rings (SSSR count). The number of benzene rings is 4. The molecule has 5 aliphatic heterocycles. The van der Waals surface area contributed by atoms with Gasteiger partial charge in [0.05, 0.1) is 42.3 Å². The normalized spacial score (nSPS) is 24.7. The van der Waals surface area contributed by atoms with Crippen LogP contribution in [0.5, 0.6) is 17.2 Å². The van der Waals surface area contributed by atoms with Gasteiger partial charge in [0.25, 0.3) is 11.7 Å². The summed E-state index contributed by atoms with van der Waals surface area (Å²) in [7, 11) is 0. The first kappa shape index (κ1) is 68.0. The summed E-state index contributed by atoms with van der Waals surface area (Å²) in [5.41, 5.74) is -0.172. The van der Waals surface area contributed by atoms with Crippen LogP contribution in [0.3, 0.4) is 0 Å². The third kappa shape index (κ3) is 15.1. The molecular formula is C68H81N5O18. The zero-order valence-electron chi connectivity index (χ0n) is 53.2. The van der Waals surface area contributed by atoms with Crippen molar-refractivity contribution < 1.29 is 81.8 Å². The Morgan fingerprint density at radius 3 is 2.20 bits per heavy atom. The Bertz CT molecular complexity index is 3720. The van der Waals surface area contributed by atoms with Crippen LogP contribution in [-0.4, -0.2) is 137 Å². The van der Waals surface area contributed by atoms with Crippen molar-refractivity contribution in [2.45, 2.75) is 132 Å². The van der Waals surface area contributed by atoms with Crippen LogP contribution < -0.4 is 25.7 Å². The number of aliphatic hydroxyl groups excluding tert-OH is 1. The van der Waals surface area contributed by atoms with E-state index in [1.165, 1.54) is 64.3 Å². The summed E-state index contributed by atoms with van der Waals surface area (Å²) >= 11 is 0. The fraction of sp³-hybridized carbons (Fsp3) is 0.471. The molecule has 5 bridgehead atoms. The van der Waals surface area contributed by atoms with Gasteiger partial charge < -0.3 is 68.5 Å². The van der Waals surface area contributed by atoms with Crippen molar-refractivity contribution in [1.29, 1.82) is 0 Å². The lowest BCUT2D eigenvalue weighted by molar-refractivity contribution is -0.164. The van der Waals surface area contributed by atoms with E-state index in [0.717, 1.165) is 19.6 Å². The molecule has 3 aromatic carbocycles. The van der Waals surface area contributed by atoms with Crippen molar-refractivity contribution in [2.24, 2.45) is 35.5 Å². The summed E-state index contributed by atoms with van der Waals surface area (Å²) < 4.78 is 36.4. The lowest BCUT2D eigenvalue weighted by atomic mass is 9.77. The predicted molar refractivity (Wildman–Crippen MR) is 338 cm³/mol. The van der Waals surface area contributed by atoms with Crippen molar-refractivity contribution in [1.82, 2.24) is 9.88 Å². The Kier molecular flexibility index (Phi) is 21.6. The van der Waals surface area contributed by atoms with E-state index in [-0.39, 0.29) is 88.4 Å². The Hall–Kier alpha value is -8.96. The smallest absolute Gasteiger partial charge is 0.312 e. The molecule has 23 heteroatoms. The number of fused-ring (bicyclic) bond motifs is 14. The number of amides is 2. The van der Waals surface area contributed by atoms with Gasteiger partial charge in [-0.2, -0.15) is 0 Å². The number of hydrogen-bond donors (Lipinski definition) is 5. The van der Waals surface area contributed by atoms with Gasteiger partial charge in [-0.3, -0.25) is 38.5 Å². The number of carbonyl (C=O) groups excluding carboxylic acids is 8. The minimum atomic E-state index is -2.11. The maximum atomic E-state index is 15.1. The fourth-order valence-electron chi connectivity index (χ4n) is 11.9. The average molecular weight is 1260 g/mol. The first-order chi connectivity index (χ1) is 43.2. The van der Waals surface area contributed by atoms with Crippen LogP contribution in [0.2, 0.25) is 0 Å². The topological polar surface area (TPSA) is 317 Å². The minimum absolute atomic E-state index is 0.00466. The van der Waals surface area contributed by atoms with Crippen LogP contribution in [-0.2, 0) is 52.5 Å². The van der Waals surface area contributed by atoms with E-state index in [2.05, 4.69) is 34.3 Å². The van der Waals surface area contributed by atoms with Crippen molar-refractivity contribution in [3.63, 3.8) is 0 Å². The van der Waals surface area contributed by atoms with Crippen LogP contribution in [0.4, 0.5) is 17.1 Å². The van der Waals surface area contributed by atoms with E-state index in [1.807, 2.05) is 13.8 Å². The van der Waals surface area contributed by atoms with Crippen LogP contribution in [0, 0.1) is 42.4 Å². The molecule has 0 unspecified atom stereocenters. The molecule has 23 nitrogen and oxygen atoms in total. The number of ketones is 1. The molecular weight excluding hydrogens is 1170 g/mol. The number of esters is 3. The highest BCUT2D eigenvalue weighted by atomic mass is 16.7. The van der Waals surface area contributed by atoms with Gasteiger partial charge in [-0.1, -0.05) is 78.8 Å². The van der Waals surface area contributed by atoms with Gasteiger partial charge in [0, 0.05) is 117 Å². The first-order valence-electron chi connectivity index (χ1n) is 30.7. The molecule has 3 aromatic rings. The number of hydrogen-bond acceptors (Lipinski definition) is 21. The largest absolute Gasteiger partial charge is 0.507 e. The Labute approximate surface area is 527 Å². The number of carbonyl (C=O) groups is 8. The number of phenols is 2. The van der Waals surface area contributed by atoms with Crippen LogP contribution >= 0.6 is 0 Å². The van der Waals surface area contributed by atoms with Crippen molar-refractivity contribution >= 4 is 87.0 Å². The maximum absolute atomic E-state index is 15.1. The zero-order chi connectivity index (χ0) is 66.3. The second kappa shape index (κ2) is 28.9. The number of nitrogens with zero attached hydrogens (tertiary/aromatic N) is 3. The molecule has 1 fully saturated rings. The molecule has 6 aliphatic rings. The summed E-state index contributed by atoms with van der Waals surface area (Å²) in [5.74, 6) is -11.2. The molecule has 91 heavy (non-hydrogen) atoms. The number of Topliss-reactive ketones (excluding diaryl/α,β-unsaturated/α-hetero) is 1. The zero-order valence-corrected chi connectivity index (χ0v) is 53.2. The summed E-state index contributed by atoms with van der Waals surface area (Å²) in [4.78, 5) is 128. The molecule has 0 radical (unpaired) electrons. The molecule has 0 saturated carbocycles. The lowest BCUT2D eigenvalue weighted by Crippen LogP contribution is -2.47. The average Bonchev–Trinajstić information content (AvgIpc) is 1.68. The molecule has 2 amide bonds. The van der Waals surface area contributed by atoms with Gasteiger partial charge in [0.15, 0.2) is 11.3 Å². The van der Waals surface area contributed by atoms with Gasteiger partial charge in [-0.05, 0) is 61.8 Å². The van der Waals surface area contributed by atoms with Gasteiger partial charge >= 0.3 is 23.7 Å². The number of aromatic nitrogens is 1. The third-order valence-electron chi connectivity index (χ3n) is 17.4. The van der Waals surface area contributed by atoms with E-state index in [9.17, 15) is 48.9 Å². The summed E-state index contributed by atoms with van der Waals surface area (Å²) in [6, 6.07) is 9.35. The Morgan fingerprint density at radius 1 is 0.857 bits per heavy atom. The summed E-state index contributed by atoms with van der Waals surface area (Å²) in [6.07, 6.45) is 4.58. The standard InChI is InChI=1S/C68H81N5O18/c1-35(2)32-72-24-26-73(27-25-72)47-30-48(77)56-49(31-47)89-65-57(70-56)53-54-60(82)42(9)64-55(53)66(84)68(11,91-64)87-29-23-36(3)39(6)63(88-43(10)76)41(8)59(81)40(7)62(37(4)14-12-15-38(5)67(85)71-58(65)61(54)83)90-52(80)16-13-28-86-51(79)22-21-50(78)69-46-19-17-44(18-20-46)45(33-74)34-75/h12,14-15,17-20,23,29-31,33-37,39-41,45,59,62-63,77,81-82H,13,16,21-22,24-28,32H2,1-11H3,(H,69,78)(H,71,85)/b14-12+,29-23+,38-15-/t36-,37-,39+,40-,41+,59+,62-,63+,68-/m0/s1. The SMILES string of the molecule is CC(=O)O[C@H]1[C@H](C)[C@H](O)[C@H](C)[C@@H](OC(=O)CCCOC(=O)CCC(=O)Nc2ccc(C(C=O)C=O)cc2)[C@@H](C)/C=C/C=C(/C)C(=O)Nc2c3oc4cc(N5CCN(CC(C)C)CC5)cc(O)c4nc-3c3c4c(c(C)c(O)c3c2=O)O[C@](C)(O/C=C/[C@H](C)[C@H]1C)C4=O. The second-order valence-corrected chi connectivity index (χ2v) is 24.6. The first-order valence-corrected chi connectivity index (χ1v) is 30.7. The molecule has 5 heterocycles. The van der Waals surface area contributed by atoms with Crippen molar-refractivity contribution in [2.75, 3.05) is 54.9 Å². The van der Waals surface area contributed by atoms with E-state index in [1.54, 1.807) is 51.1 Å². The lowest BCUT2D eigenvalue weighted by Gasteiger charge is -2.38. The molecule has 486 valence electrons. The highest BCUT2D eigenvalue weighted by molar-refractivity contribution is 6.22. The summed E-state index contributed by atoms with van der Waals surface area (Å²) in [6.45, 7) is 22.2. The molecule has 1 saturated heterocycles. The van der Waals surface area contributed by atoms with Gasteiger partial charge in [0.2, 0.25) is 11.3 Å². The highest BCUT2D eigenvalue weighted by Gasteiger charge is 2.50. The van der Waals surface area contributed by atoms with Gasteiger partial charge in [-0.25, -0.2) is 4.98 Å². The van der Waals surface area contributed by atoms with E-state index >= 15 is 9.59 Å². The minimum Gasteiger partial charge on any atom is -0.507 e. The van der Waals surface area contributed by atoms with Crippen molar-refractivity contribution in [3.05, 3.63) is 99.5 Å². The van der Waals surface area contributed by atoms with Gasteiger partial charge in [-0.15, -0.1) is 0 Å². The van der Waals surface area contributed by atoms with Crippen LogP contribution in [0.25, 0.3) is 33.3 Å². The number of phenolic OH excluding ortho intramolecular Hbond substituents is 2. The Balaban J connectivity index is 1.10. The highest BCUT2D eigenvalue weighted by Crippen LogP contribution is 2.51. The predicted octanol–water partition coefficient (Wildman–Crippen LogP) is 8.83. The fourth-order valence-corrected chi connectivity index (χ4v) is 11.9. The number of nitrogens with one attached hydrogen (secondary N) is 2. The van der Waals surface area contributed by atoms with E-state index in [4.69, 9.17) is 33.1 Å². The molecule has 5 N–H and O–H groups in total. The third-order valence-corrected chi connectivity index (χ3v) is 17.4. The monoisotopic (exact) mass is 1260 g/mol. The quantitative estimate of drug-likeness (QED) is 0.0117. The van der Waals surface area contributed by atoms with Crippen LogP contribution in [0.15, 0.2) is 81.7 Å². The van der Waals surface area contributed by atoms with E-state index < -0.39 is 117 Å². The number of anilines is 3.